The molecule has 1 heterocycles. The second-order valence-electron chi connectivity index (χ2n) is 7.52. The summed E-state index contributed by atoms with van der Waals surface area (Å²) in [6, 6.07) is 22.6. The van der Waals surface area contributed by atoms with E-state index in [1.807, 2.05) is 29.6 Å². The Morgan fingerprint density at radius 1 is 0.968 bits per heavy atom. The lowest BCUT2D eigenvalue weighted by Crippen LogP contribution is -1.99. The summed E-state index contributed by atoms with van der Waals surface area (Å²) in [5.74, 6) is 0.795. The lowest BCUT2D eigenvalue weighted by molar-refractivity contribution is 0.306. The SMILES string of the molecule is Cc1ccc(COc2ccccc2/C=N\Nc2nc(-c3ccc(C)c(C)c3)cs2)cc1. The molecular weight excluding hydrogens is 402 g/mol. The maximum atomic E-state index is 6.02. The molecule has 0 saturated carbocycles. The number of nitrogens with one attached hydrogen (secondary N) is 1. The van der Waals surface area contributed by atoms with Crippen molar-refractivity contribution >= 4 is 22.7 Å². The Bertz CT molecular complexity index is 1200. The van der Waals surface area contributed by atoms with Crippen LogP contribution in [0.1, 0.15) is 27.8 Å². The molecule has 0 atom stereocenters. The second kappa shape index (κ2) is 9.58. The third-order valence-electron chi connectivity index (χ3n) is 5.10. The molecule has 0 saturated heterocycles. The van der Waals surface area contributed by atoms with Gasteiger partial charge in [-0.1, -0.05) is 54.1 Å². The van der Waals surface area contributed by atoms with E-state index in [4.69, 9.17) is 4.74 Å². The number of hydrazone groups is 1. The Morgan fingerprint density at radius 3 is 2.58 bits per heavy atom. The number of thiazole rings is 1. The number of para-hydroxylation sites is 1. The average Bonchev–Trinajstić information content (AvgIpc) is 3.25. The summed E-state index contributed by atoms with van der Waals surface area (Å²) in [4.78, 5) is 4.65. The molecule has 31 heavy (non-hydrogen) atoms. The van der Waals surface area contributed by atoms with Crippen LogP contribution in [0, 0.1) is 20.8 Å². The number of rotatable bonds is 7. The van der Waals surface area contributed by atoms with Gasteiger partial charge in [0.1, 0.15) is 12.4 Å². The van der Waals surface area contributed by atoms with Gasteiger partial charge in [0.25, 0.3) is 0 Å². The number of aryl methyl sites for hydroxylation is 3. The fourth-order valence-electron chi connectivity index (χ4n) is 3.08. The number of aromatic nitrogens is 1. The van der Waals surface area contributed by atoms with Crippen LogP contribution < -0.4 is 10.2 Å². The summed E-state index contributed by atoms with van der Waals surface area (Å²) in [5, 5.41) is 7.17. The molecule has 0 aliphatic rings. The van der Waals surface area contributed by atoms with E-state index in [1.165, 1.54) is 28.0 Å². The van der Waals surface area contributed by atoms with Crippen molar-refractivity contribution in [3.05, 3.63) is 99.9 Å². The zero-order valence-corrected chi connectivity index (χ0v) is 18.7. The van der Waals surface area contributed by atoms with Crippen LogP contribution in [0.15, 0.2) is 77.2 Å². The van der Waals surface area contributed by atoms with Crippen LogP contribution in [0.4, 0.5) is 5.13 Å². The molecule has 1 N–H and O–H groups in total. The molecule has 0 aliphatic carbocycles. The lowest BCUT2D eigenvalue weighted by atomic mass is 10.1. The van der Waals surface area contributed by atoms with Gasteiger partial charge in [-0.15, -0.1) is 11.3 Å². The van der Waals surface area contributed by atoms with Crippen molar-refractivity contribution in [3.8, 4) is 17.0 Å². The van der Waals surface area contributed by atoms with Gasteiger partial charge in [0.15, 0.2) is 0 Å². The molecule has 156 valence electrons. The number of anilines is 1. The molecule has 4 rings (SSSR count). The van der Waals surface area contributed by atoms with E-state index in [1.54, 1.807) is 6.21 Å². The highest BCUT2D eigenvalue weighted by atomic mass is 32.1. The predicted octanol–water partition coefficient (Wildman–Crippen LogP) is 6.76. The Balaban J connectivity index is 1.41. The van der Waals surface area contributed by atoms with E-state index in [9.17, 15) is 0 Å². The molecule has 0 unspecified atom stereocenters. The van der Waals surface area contributed by atoms with Gasteiger partial charge in [-0.3, -0.25) is 5.43 Å². The molecule has 0 radical (unpaired) electrons. The quantitative estimate of drug-likeness (QED) is 0.262. The molecule has 3 aromatic carbocycles. The largest absolute Gasteiger partial charge is 0.488 e. The van der Waals surface area contributed by atoms with Crippen molar-refractivity contribution in [3.63, 3.8) is 0 Å². The van der Waals surface area contributed by atoms with Gasteiger partial charge in [-0.05, 0) is 55.7 Å². The van der Waals surface area contributed by atoms with Crippen LogP contribution in [0.3, 0.4) is 0 Å². The molecule has 0 amide bonds. The van der Waals surface area contributed by atoms with Crippen molar-refractivity contribution < 1.29 is 4.74 Å². The molecule has 0 fully saturated rings. The Kier molecular flexibility index (Phi) is 6.43. The first-order chi connectivity index (χ1) is 15.1. The number of nitrogens with zero attached hydrogens (tertiary/aromatic N) is 2. The van der Waals surface area contributed by atoms with Crippen LogP contribution >= 0.6 is 11.3 Å². The van der Waals surface area contributed by atoms with Gasteiger partial charge < -0.3 is 4.74 Å². The van der Waals surface area contributed by atoms with Crippen LogP contribution in [-0.4, -0.2) is 11.2 Å². The minimum absolute atomic E-state index is 0.518. The maximum absolute atomic E-state index is 6.02. The van der Waals surface area contributed by atoms with E-state index in [2.05, 4.69) is 78.7 Å². The van der Waals surface area contributed by atoms with Crippen molar-refractivity contribution in [2.45, 2.75) is 27.4 Å². The summed E-state index contributed by atoms with van der Waals surface area (Å²) in [6.07, 6.45) is 1.77. The summed E-state index contributed by atoms with van der Waals surface area (Å²) >= 11 is 1.54. The van der Waals surface area contributed by atoms with E-state index < -0.39 is 0 Å². The Morgan fingerprint density at radius 2 is 1.77 bits per heavy atom. The van der Waals surface area contributed by atoms with Crippen LogP contribution in [0.5, 0.6) is 5.75 Å². The highest BCUT2D eigenvalue weighted by molar-refractivity contribution is 7.14. The predicted molar refractivity (Wildman–Crippen MR) is 130 cm³/mol. The van der Waals surface area contributed by atoms with Gasteiger partial charge >= 0.3 is 0 Å². The molecule has 1 aromatic heterocycles. The first-order valence-corrected chi connectivity index (χ1v) is 11.1. The summed E-state index contributed by atoms with van der Waals surface area (Å²) in [7, 11) is 0. The van der Waals surface area contributed by atoms with Crippen LogP contribution in [0.2, 0.25) is 0 Å². The summed E-state index contributed by atoms with van der Waals surface area (Å²) in [5.41, 5.74) is 10.9. The Labute approximate surface area is 187 Å². The molecule has 4 nitrogen and oxygen atoms in total. The van der Waals surface area contributed by atoms with Gasteiger partial charge in [0.05, 0.1) is 11.9 Å². The third kappa shape index (κ3) is 5.38. The first kappa shape index (κ1) is 20.8. The standard InChI is InChI=1S/C26H25N3OS/c1-18-8-11-21(12-9-18)16-30-25-7-5-4-6-23(25)15-27-29-26-28-24(17-31-26)22-13-10-19(2)20(3)14-22/h4-15,17H,16H2,1-3H3,(H,28,29)/b27-15-. The monoisotopic (exact) mass is 427 g/mol. The number of ether oxygens (including phenoxy) is 1. The van der Waals surface area contributed by atoms with E-state index >= 15 is 0 Å². The first-order valence-electron chi connectivity index (χ1n) is 10.2. The maximum Gasteiger partial charge on any atom is 0.203 e. The van der Waals surface area contributed by atoms with Crippen molar-refractivity contribution in [1.29, 1.82) is 0 Å². The van der Waals surface area contributed by atoms with Gasteiger partial charge in [-0.25, -0.2) is 4.98 Å². The fraction of sp³-hybridized carbons (Fsp3) is 0.154. The minimum Gasteiger partial charge on any atom is -0.488 e. The molecule has 0 bridgehead atoms. The normalized spacial score (nSPS) is 11.1. The third-order valence-corrected chi connectivity index (χ3v) is 5.85. The van der Waals surface area contributed by atoms with Crippen molar-refractivity contribution in [2.24, 2.45) is 5.10 Å². The van der Waals surface area contributed by atoms with Gasteiger partial charge in [-0.2, -0.15) is 5.10 Å². The van der Waals surface area contributed by atoms with Crippen molar-refractivity contribution in [2.75, 3.05) is 5.43 Å². The van der Waals surface area contributed by atoms with Crippen LogP contribution in [-0.2, 0) is 6.61 Å². The molecule has 0 aliphatic heterocycles. The molecule has 5 heteroatoms. The minimum atomic E-state index is 0.518. The summed E-state index contributed by atoms with van der Waals surface area (Å²) < 4.78 is 6.02. The topological polar surface area (TPSA) is 46.5 Å². The zero-order valence-electron chi connectivity index (χ0n) is 17.9. The number of benzene rings is 3. The van der Waals surface area contributed by atoms with E-state index in [0.717, 1.165) is 33.3 Å². The highest BCUT2D eigenvalue weighted by Gasteiger charge is 2.06. The van der Waals surface area contributed by atoms with Crippen molar-refractivity contribution in [1.82, 2.24) is 4.98 Å². The average molecular weight is 428 g/mol. The fourth-order valence-corrected chi connectivity index (χ4v) is 3.75. The molecule has 4 aromatic rings. The highest BCUT2D eigenvalue weighted by Crippen LogP contribution is 2.26. The number of hydrogen-bond donors (Lipinski definition) is 1. The van der Waals surface area contributed by atoms with E-state index in [0.29, 0.717) is 6.61 Å². The zero-order chi connectivity index (χ0) is 21.6. The van der Waals surface area contributed by atoms with Gasteiger partial charge in [0, 0.05) is 16.5 Å². The number of hydrogen-bond acceptors (Lipinski definition) is 5. The molecule has 0 spiro atoms. The second-order valence-corrected chi connectivity index (χ2v) is 8.38. The smallest absolute Gasteiger partial charge is 0.203 e. The van der Waals surface area contributed by atoms with Crippen LogP contribution in [0.25, 0.3) is 11.3 Å². The van der Waals surface area contributed by atoms with Gasteiger partial charge in [0.2, 0.25) is 5.13 Å². The lowest BCUT2D eigenvalue weighted by Gasteiger charge is -2.09. The van der Waals surface area contributed by atoms with E-state index in [-0.39, 0.29) is 0 Å². The molecular formula is C26H25N3OS. The summed E-state index contributed by atoms with van der Waals surface area (Å²) in [6.45, 7) is 6.83. The Hall–Kier alpha value is -3.44.